The first-order chi connectivity index (χ1) is 11.9. The Morgan fingerprint density at radius 1 is 1.12 bits per heavy atom. The Hall–Kier alpha value is -2.23. The zero-order valence-electron chi connectivity index (χ0n) is 15.0. The van der Waals surface area contributed by atoms with Crippen LogP contribution in [0.1, 0.15) is 60.7 Å². The second-order valence-electron chi connectivity index (χ2n) is 7.57. The predicted octanol–water partition coefficient (Wildman–Crippen LogP) is 4.00. The van der Waals surface area contributed by atoms with Gasteiger partial charge in [-0.15, -0.1) is 0 Å². The summed E-state index contributed by atoms with van der Waals surface area (Å²) < 4.78 is 5.73. The molecule has 1 saturated carbocycles. The lowest BCUT2D eigenvalue weighted by Crippen LogP contribution is -2.37. The van der Waals surface area contributed by atoms with Gasteiger partial charge in [0.05, 0.1) is 0 Å². The monoisotopic (exact) mass is 340 g/mol. The Morgan fingerprint density at radius 3 is 2.48 bits per heavy atom. The van der Waals surface area contributed by atoms with Crippen LogP contribution in [0.4, 0.5) is 0 Å². The van der Waals surface area contributed by atoms with E-state index in [1.54, 1.807) is 24.3 Å². The molecule has 0 aromatic heterocycles. The van der Waals surface area contributed by atoms with Crippen LogP contribution in [0.2, 0.25) is 0 Å². The number of ketones is 2. The molecule has 0 amide bonds. The van der Waals surface area contributed by atoms with Crippen LogP contribution in [0.15, 0.2) is 35.9 Å². The molecule has 4 heteroatoms. The fourth-order valence-corrected chi connectivity index (χ4v) is 3.92. The van der Waals surface area contributed by atoms with E-state index in [2.05, 4.69) is 20.8 Å². The van der Waals surface area contributed by atoms with Crippen LogP contribution in [-0.2, 0) is 9.53 Å². The van der Waals surface area contributed by atoms with Crippen molar-refractivity contribution in [1.29, 1.82) is 0 Å². The lowest BCUT2D eigenvalue weighted by Gasteiger charge is -2.36. The molecule has 0 saturated heterocycles. The minimum Gasteiger partial charge on any atom is -0.458 e. The van der Waals surface area contributed by atoms with Crippen molar-refractivity contribution in [3.05, 3.63) is 47.0 Å². The van der Waals surface area contributed by atoms with E-state index >= 15 is 0 Å². The minimum absolute atomic E-state index is 0.149. The van der Waals surface area contributed by atoms with Gasteiger partial charge >= 0.3 is 5.97 Å². The maximum absolute atomic E-state index is 12.6. The molecule has 3 atom stereocenters. The summed E-state index contributed by atoms with van der Waals surface area (Å²) in [5, 5.41) is 0. The van der Waals surface area contributed by atoms with Gasteiger partial charge in [-0.2, -0.15) is 0 Å². The molecule has 3 rings (SSSR count). The summed E-state index contributed by atoms with van der Waals surface area (Å²) in [5.74, 6) is -0.223. The first-order valence-electron chi connectivity index (χ1n) is 8.99. The number of esters is 1. The van der Waals surface area contributed by atoms with Gasteiger partial charge in [-0.05, 0) is 30.6 Å². The van der Waals surface area contributed by atoms with Gasteiger partial charge in [-0.1, -0.05) is 51.5 Å². The van der Waals surface area contributed by atoms with Crippen LogP contribution in [-0.4, -0.2) is 23.6 Å². The highest BCUT2D eigenvalue weighted by molar-refractivity contribution is 6.33. The van der Waals surface area contributed by atoms with Gasteiger partial charge in [0.25, 0.3) is 0 Å². The average molecular weight is 340 g/mol. The quantitative estimate of drug-likeness (QED) is 0.616. The molecule has 1 fully saturated rings. The third-order valence-electron chi connectivity index (χ3n) is 5.40. The first-order valence-corrected chi connectivity index (χ1v) is 8.99. The summed E-state index contributed by atoms with van der Waals surface area (Å²) in [6, 6.07) is 6.58. The zero-order chi connectivity index (χ0) is 18.1. The molecule has 1 aromatic rings. The molecule has 132 valence electrons. The molecule has 1 aromatic carbocycles. The summed E-state index contributed by atoms with van der Waals surface area (Å²) in [6.07, 6.45) is 3.89. The van der Waals surface area contributed by atoms with E-state index in [4.69, 9.17) is 4.74 Å². The highest BCUT2D eigenvalue weighted by Gasteiger charge is 2.36. The lowest BCUT2D eigenvalue weighted by atomic mass is 9.75. The zero-order valence-corrected chi connectivity index (χ0v) is 15.0. The third kappa shape index (κ3) is 3.44. The van der Waals surface area contributed by atoms with Crippen molar-refractivity contribution in [2.75, 3.05) is 0 Å². The normalized spacial score (nSPS) is 26.2. The number of fused-ring (bicyclic) bond motifs is 1. The van der Waals surface area contributed by atoms with Crippen molar-refractivity contribution < 1.29 is 19.1 Å². The maximum Gasteiger partial charge on any atom is 0.342 e. The molecule has 0 radical (unpaired) electrons. The molecule has 25 heavy (non-hydrogen) atoms. The fraction of sp³-hybridized carbons (Fsp3) is 0.476. The Labute approximate surface area is 148 Å². The number of hydrogen-bond donors (Lipinski definition) is 0. The number of Topliss-reactive ketones (excluding diaryl/α,β-unsaturated/α-hetero) is 1. The van der Waals surface area contributed by atoms with Crippen LogP contribution in [0, 0.1) is 17.8 Å². The second kappa shape index (κ2) is 6.95. The molecule has 0 spiro atoms. The molecule has 2 aliphatic rings. The van der Waals surface area contributed by atoms with Crippen LogP contribution in [0.25, 0.3) is 0 Å². The molecule has 0 aliphatic heterocycles. The molecular weight excluding hydrogens is 316 g/mol. The van der Waals surface area contributed by atoms with Gasteiger partial charge in [0.1, 0.15) is 11.7 Å². The van der Waals surface area contributed by atoms with Crippen molar-refractivity contribution in [3.8, 4) is 0 Å². The van der Waals surface area contributed by atoms with Gasteiger partial charge in [0.15, 0.2) is 5.78 Å². The number of allylic oxidation sites excluding steroid dienone is 1. The summed E-state index contributed by atoms with van der Waals surface area (Å²) >= 11 is 0. The van der Waals surface area contributed by atoms with E-state index in [0.29, 0.717) is 23.3 Å². The van der Waals surface area contributed by atoms with Gasteiger partial charge in [0.2, 0.25) is 5.78 Å². The molecular formula is C21H24O4. The molecule has 0 heterocycles. The van der Waals surface area contributed by atoms with Crippen LogP contribution in [0.3, 0.4) is 0 Å². The maximum atomic E-state index is 12.6. The largest absolute Gasteiger partial charge is 0.458 e. The molecule has 0 bridgehead atoms. The number of carbonyl (C=O) groups is 3. The Morgan fingerprint density at radius 2 is 1.80 bits per heavy atom. The first kappa shape index (κ1) is 17.6. The summed E-state index contributed by atoms with van der Waals surface area (Å²) in [6.45, 7) is 6.42. The number of rotatable bonds is 3. The van der Waals surface area contributed by atoms with E-state index in [9.17, 15) is 14.4 Å². The van der Waals surface area contributed by atoms with Gasteiger partial charge in [-0.3, -0.25) is 9.59 Å². The van der Waals surface area contributed by atoms with Crippen LogP contribution in [0.5, 0.6) is 0 Å². The van der Waals surface area contributed by atoms with E-state index in [0.717, 1.165) is 25.3 Å². The van der Waals surface area contributed by atoms with Crippen molar-refractivity contribution in [2.45, 2.75) is 46.1 Å². The van der Waals surface area contributed by atoms with Gasteiger partial charge in [-0.25, -0.2) is 4.79 Å². The van der Waals surface area contributed by atoms with Crippen molar-refractivity contribution in [2.24, 2.45) is 17.8 Å². The van der Waals surface area contributed by atoms with Crippen molar-refractivity contribution >= 4 is 17.5 Å². The topological polar surface area (TPSA) is 60.4 Å². The summed E-state index contributed by atoms with van der Waals surface area (Å²) in [4.78, 5) is 37.5. The van der Waals surface area contributed by atoms with Crippen molar-refractivity contribution in [3.63, 3.8) is 0 Å². The average Bonchev–Trinajstić information content (AvgIpc) is 2.58. The van der Waals surface area contributed by atoms with Crippen molar-refractivity contribution in [1.82, 2.24) is 0 Å². The minimum atomic E-state index is -0.669. The van der Waals surface area contributed by atoms with Crippen LogP contribution < -0.4 is 0 Å². The standard InChI is InChI=1S/C21H24O4/c1-12(2)14-9-8-13(3)10-19(14)25-21(24)17-11-18(22)15-6-4-5-7-16(15)20(17)23/h4-7,11-14,19H,8-10H2,1-3H3/t13-,14+,19-/m1/s1. The molecule has 0 N–H and O–H groups in total. The molecule has 2 aliphatic carbocycles. The fourth-order valence-electron chi connectivity index (χ4n) is 3.92. The van der Waals surface area contributed by atoms with E-state index in [-0.39, 0.29) is 23.0 Å². The number of carbonyl (C=O) groups excluding carboxylic acids is 3. The lowest BCUT2D eigenvalue weighted by molar-refractivity contribution is -0.150. The molecule has 0 unspecified atom stereocenters. The third-order valence-corrected chi connectivity index (χ3v) is 5.40. The Balaban J connectivity index is 1.81. The summed E-state index contributed by atoms with van der Waals surface area (Å²) in [7, 11) is 0. The summed E-state index contributed by atoms with van der Waals surface area (Å²) in [5.41, 5.74) is 0.471. The number of hydrogen-bond acceptors (Lipinski definition) is 4. The predicted molar refractivity (Wildman–Crippen MR) is 94.4 cm³/mol. The van der Waals surface area contributed by atoms with E-state index in [1.807, 2.05) is 0 Å². The Bertz CT molecular complexity index is 744. The number of ether oxygens (including phenoxy) is 1. The van der Waals surface area contributed by atoms with Gasteiger partial charge in [0, 0.05) is 17.2 Å². The SMILES string of the molecule is CC(C)[C@@H]1CC[C@@H](C)C[C@H]1OC(=O)C1=CC(=O)c2ccccc2C1=O. The number of benzene rings is 1. The van der Waals surface area contributed by atoms with Crippen LogP contribution >= 0.6 is 0 Å². The van der Waals surface area contributed by atoms with E-state index < -0.39 is 11.8 Å². The van der Waals surface area contributed by atoms with Gasteiger partial charge < -0.3 is 4.74 Å². The smallest absolute Gasteiger partial charge is 0.342 e. The Kier molecular flexibility index (Phi) is 4.89. The highest BCUT2D eigenvalue weighted by atomic mass is 16.5. The highest BCUT2D eigenvalue weighted by Crippen LogP contribution is 2.36. The van der Waals surface area contributed by atoms with E-state index in [1.165, 1.54) is 0 Å². The molecule has 4 nitrogen and oxygen atoms in total. The second-order valence-corrected chi connectivity index (χ2v) is 7.57.